The maximum atomic E-state index is 10.9. The van der Waals surface area contributed by atoms with Crippen LogP contribution in [0.1, 0.15) is 35.6 Å². The fourth-order valence-electron chi connectivity index (χ4n) is 4.54. The van der Waals surface area contributed by atoms with Gasteiger partial charge >= 0.3 is 0 Å². The molecule has 3 aliphatic rings. The zero-order valence-electron chi connectivity index (χ0n) is 18.9. The molecule has 180 valence electrons. The van der Waals surface area contributed by atoms with Crippen LogP contribution >= 0.6 is 0 Å². The summed E-state index contributed by atoms with van der Waals surface area (Å²) in [6.45, 7) is 0.103. The molecule has 7 heteroatoms. The molecule has 3 aliphatic heterocycles. The van der Waals surface area contributed by atoms with Gasteiger partial charge in [0.05, 0.1) is 6.61 Å². The highest BCUT2D eigenvalue weighted by Gasteiger charge is 2.50. The molecule has 7 nitrogen and oxygen atoms in total. The molecule has 0 aromatic heterocycles. The fraction of sp³-hybridized carbons (Fsp3) is 0.286. The maximum absolute atomic E-state index is 10.9. The van der Waals surface area contributed by atoms with Gasteiger partial charge in [-0.2, -0.15) is 0 Å². The Kier molecular flexibility index (Phi) is 6.24. The molecule has 35 heavy (non-hydrogen) atoms. The van der Waals surface area contributed by atoms with Crippen LogP contribution in [0.25, 0.3) is 0 Å². The van der Waals surface area contributed by atoms with E-state index in [2.05, 4.69) is 0 Å². The van der Waals surface area contributed by atoms with Crippen LogP contribution in [0.5, 0.6) is 0 Å². The van der Waals surface area contributed by atoms with Crippen LogP contribution in [-0.4, -0.2) is 36.1 Å². The van der Waals surface area contributed by atoms with Crippen molar-refractivity contribution in [1.82, 2.24) is 0 Å². The summed E-state index contributed by atoms with van der Waals surface area (Å²) in [5.74, 6) is 0.487. The predicted octanol–water partition coefficient (Wildman–Crippen LogP) is 4.53. The molecule has 7 unspecified atom stereocenters. The molecule has 0 radical (unpaired) electrons. The maximum Gasteiger partial charge on any atom is 0.227 e. The van der Waals surface area contributed by atoms with E-state index in [0.29, 0.717) is 5.76 Å². The summed E-state index contributed by atoms with van der Waals surface area (Å²) in [4.78, 5) is 0. The highest BCUT2D eigenvalue weighted by Crippen LogP contribution is 2.42. The van der Waals surface area contributed by atoms with Crippen LogP contribution in [0.4, 0.5) is 0 Å². The van der Waals surface area contributed by atoms with Crippen LogP contribution in [-0.2, 0) is 28.4 Å². The van der Waals surface area contributed by atoms with E-state index in [1.807, 2.05) is 91.0 Å². The smallest absolute Gasteiger partial charge is 0.227 e. The van der Waals surface area contributed by atoms with E-state index in [1.165, 1.54) is 0 Å². The number of hydrogen-bond acceptors (Lipinski definition) is 7. The van der Waals surface area contributed by atoms with Gasteiger partial charge in [0, 0.05) is 16.7 Å². The minimum atomic E-state index is -0.919. The minimum absolute atomic E-state index is 0.103. The average molecular weight is 475 g/mol. The molecular weight excluding hydrogens is 448 g/mol. The van der Waals surface area contributed by atoms with Gasteiger partial charge in [-0.05, 0) is 0 Å². The lowest BCUT2D eigenvalue weighted by Crippen LogP contribution is -2.56. The van der Waals surface area contributed by atoms with Crippen molar-refractivity contribution in [3.63, 3.8) is 0 Å². The summed E-state index contributed by atoms with van der Waals surface area (Å²) in [7, 11) is 0. The first kappa shape index (κ1) is 22.3. The van der Waals surface area contributed by atoms with E-state index < -0.39 is 43.3 Å². The summed E-state index contributed by atoms with van der Waals surface area (Å²) in [5.41, 5.74) is 2.56. The van der Waals surface area contributed by atoms with Crippen LogP contribution in [0.3, 0.4) is 0 Å². The summed E-state index contributed by atoms with van der Waals surface area (Å²) in [6.07, 6.45) is -3.39. The standard InChI is InChI=1S/C28H26O7/c29-21-16-30-26(18-10-4-1-5-11-18)33-23(21)25-24-22(32-28(35-25)20-14-8-3-9-15-20)17-31-27(34-24)19-12-6-2-7-13-19/h1-15,17,21,23-29H,16H2. The monoisotopic (exact) mass is 474 g/mol. The molecule has 0 spiro atoms. The third-order valence-electron chi connectivity index (χ3n) is 6.30. The lowest BCUT2D eigenvalue weighted by Gasteiger charge is -2.46. The Labute approximate surface area is 203 Å². The van der Waals surface area contributed by atoms with Crippen LogP contribution < -0.4 is 0 Å². The lowest BCUT2D eigenvalue weighted by atomic mass is 9.98. The Balaban J connectivity index is 1.32. The molecule has 1 N–H and O–H groups in total. The zero-order valence-corrected chi connectivity index (χ0v) is 18.9. The number of rotatable bonds is 4. The second kappa shape index (κ2) is 9.81. The first-order valence-corrected chi connectivity index (χ1v) is 11.7. The molecule has 0 aliphatic carbocycles. The Bertz CT molecular complexity index is 1140. The summed E-state index contributed by atoms with van der Waals surface area (Å²) in [5, 5.41) is 10.9. The first-order chi connectivity index (χ1) is 17.3. The molecule has 7 atom stereocenters. The van der Waals surface area contributed by atoms with Crippen LogP contribution in [0, 0.1) is 0 Å². The summed E-state index contributed by atoms with van der Waals surface area (Å²) >= 11 is 0. The normalized spacial score (nSPS) is 32.5. The van der Waals surface area contributed by atoms with Crippen molar-refractivity contribution in [2.75, 3.05) is 6.61 Å². The average Bonchev–Trinajstić information content (AvgIpc) is 2.94. The fourth-order valence-corrected chi connectivity index (χ4v) is 4.54. The van der Waals surface area contributed by atoms with Crippen molar-refractivity contribution < 1.29 is 33.5 Å². The zero-order chi connectivity index (χ0) is 23.6. The summed E-state index contributed by atoms with van der Waals surface area (Å²) < 4.78 is 36.9. The molecule has 0 bridgehead atoms. The van der Waals surface area contributed by atoms with Crippen molar-refractivity contribution in [2.45, 2.75) is 43.3 Å². The Hall–Kier alpha value is -3.20. The van der Waals surface area contributed by atoms with Gasteiger partial charge in [-0.3, -0.25) is 0 Å². The van der Waals surface area contributed by atoms with Crippen molar-refractivity contribution in [3.05, 3.63) is 120 Å². The highest BCUT2D eigenvalue weighted by molar-refractivity contribution is 5.22. The van der Waals surface area contributed by atoms with Gasteiger partial charge in [0.1, 0.15) is 24.6 Å². The van der Waals surface area contributed by atoms with Crippen molar-refractivity contribution in [2.24, 2.45) is 0 Å². The molecule has 0 amide bonds. The van der Waals surface area contributed by atoms with Crippen molar-refractivity contribution >= 4 is 0 Å². The first-order valence-electron chi connectivity index (χ1n) is 11.7. The molecular formula is C28H26O7. The van der Waals surface area contributed by atoms with Gasteiger partial charge in [0.15, 0.2) is 18.2 Å². The second-order valence-electron chi connectivity index (χ2n) is 8.66. The third-order valence-corrected chi connectivity index (χ3v) is 6.30. The molecule has 2 fully saturated rings. The highest BCUT2D eigenvalue weighted by atomic mass is 16.8. The Morgan fingerprint density at radius 3 is 1.77 bits per heavy atom. The quantitative estimate of drug-likeness (QED) is 0.595. The predicted molar refractivity (Wildman–Crippen MR) is 124 cm³/mol. The van der Waals surface area contributed by atoms with Gasteiger partial charge in [-0.1, -0.05) is 91.0 Å². The van der Waals surface area contributed by atoms with Gasteiger partial charge in [-0.25, -0.2) is 0 Å². The van der Waals surface area contributed by atoms with E-state index in [-0.39, 0.29) is 6.61 Å². The molecule has 2 saturated heterocycles. The summed E-state index contributed by atoms with van der Waals surface area (Å²) in [6, 6.07) is 28.9. The number of benzene rings is 3. The molecule has 0 saturated carbocycles. The van der Waals surface area contributed by atoms with E-state index in [1.54, 1.807) is 6.26 Å². The van der Waals surface area contributed by atoms with E-state index in [0.717, 1.165) is 16.7 Å². The number of aliphatic hydroxyl groups excluding tert-OH is 1. The van der Waals surface area contributed by atoms with Gasteiger partial charge in [-0.15, -0.1) is 0 Å². The van der Waals surface area contributed by atoms with E-state index >= 15 is 0 Å². The topological polar surface area (TPSA) is 75.6 Å². The Morgan fingerprint density at radius 1 is 0.600 bits per heavy atom. The van der Waals surface area contributed by atoms with E-state index in [9.17, 15) is 5.11 Å². The van der Waals surface area contributed by atoms with Crippen molar-refractivity contribution in [3.8, 4) is 0 Å². The molecule has 3 aromatic rings. The number of fused-ring (bicyclic) bond motifs is 1. The third kappa shape index (κ3) is 4.57. The number of ether oxygens (including phenoxy) is 6. The number of aliphatic hydroxyl groups is 1. The SMILES string of the molecule is OC1COC(c2ccccc2)OC1C1OC(c2ccccc2)OC2=COC(c3ccccc3)OC21. The van der Waals surface area contributed by atoms with Gasteiger partial charge < -0.3 is 33.5 Å². The van der Waals surface area contributed by atoms with Gasteiger partial charge in [0.25, 0.3) is 0 Å². The molecule has 3 heterocycles. The van der Waals surface area contributed by atoms with E-state index in [4.69, 9.17) is 28.4 Å². The molecule has 6 rings (SSSR count). The largest absolute Gasteiger partial charge is 0.465 e. The van der Waals surface area contributed by atoms with Crippen molar-refractivity contribution in [1.29, 1.82) is 0 Å². The minimum Gasteiger partial charge on any atom is -0.465 e. The van der Waals surface area contributed by atoms with Crippen LogP contribution in [0.15, 0.2) is 103 Å². The van der Waals surface area contributed by atoms with Crippen LogP contribution in [0.2, 0.25) is 0 Å². The molecule has 3 aromatic carbocycles. The number of hydrogen-bond donors (Lipinski definition) is 1. The second-order valence-corrected chi connectivity index (χ2v) is 8.66. The Morgan fingerprint density at radius 2 is 1.14 bits per heavy atom. The lowest BCUT2D eigenvalue weighted by molar-refractivity contribution is -0.339. The van der Waals surface area contributed by atoms with Gasteiger partial charge in [0.2, 0.25) is 12.6 Å².